The lowest BCUT2D eigenvalue weighted by Crippen LogP contribution is -2.50. The van der Waals surface area contributed by atoms with Crippen molar-refractivity contribution in [3.8, 4) is 0 Å². The minimum absolute atomic E-state index is 0.0180. The van der Waals surface area contributed by atoms with E-state index in [2.05, 4.69) is 17.6 Å². The number of aliphatic hydroxyl groups is 1. The first-order chi connectivity index (χ1) is 8.16. The summed E-state index contributed by atoms with van der Waals surface area (Å²) in [5.74, 6) is 0.204. The molecule has 17 heavy (non-hydrogen) atoms. The molecule has 1 saturated carbocycles. The van der Waals surface area contributed by atoms with Gasteiger partial charge in [0, 0.05) is 12.6 Å². The number of aliphatic hydroxyl groups excluding tert-OH is 1. The second-order valence-electron chi connectivity index (χ2n) is 5.55. The number of carbonyl (C=O) groups is 1. The first-order valence-electron chi connectivity index (χ1n) is 6.88. The molecule has 1 heterocycles. The molecule has 4 unspecified atom stereocenters. The second kappa shape index (κ2) is 5.83. The van der Waals surface area contributed by atoms with E-state index in [-0.39, 0.29) is 24.0 Å². The lowest BCUT2D eigenvalue weighted by molar-refractivity contribution is -0.127. The molecule has 0 bridgehead atoms. The SMILES string of the molecule is CC1CCC(C(=O)NC2CCCCC2O)CN1. The van der Waals surface area contributed by atoms with Crippen molar-refractivity contribution in [3.05, 3.63) is 0 Å². The van der Waals surface area contributed by atoms with E-state index in [0.29, 0.717) is 6.04 Å². The molecule has 1 aliphatic carbocycles. The van der Waals surface area contributed by atoms with Crippen LogP contribution in [0.4, 0.5) is 0 Å². The Labute approximate surface area is 103 Å². The van der Waals surface area contributed by atoms with Crippen molar-refractivity contribution in [1.82, 2.24) is 10.6 Å². The molecule has 2 rings (SSSR count). The molecule has 0 radical (unpaired) electrons. The summed E-state index contributed by atoms with van der Waals surface area (Å²) in [7, 11) is 0. The van der Waals surface area contributed by atoms with Crippen LogP contribution in [0.1, 0.15) is 45.4 Å². The molecule has 0 aromatic carbocycles. The smallest absolute Gasteiger partial charge is 0.224 e. The Morgan fingerprint density at radius 2 is 2.00 bits per heavy atom. The van der Waals surface area contributed by atoms with E-state index in [1.165, 1.54) is 0 Å². The van der Waals surface area contributed by atoms with Crippen LogP contribution in [0.3, 0.4) is 0 Å². The highest BCUT2D eigenvalue weighted by Gasteiger charge is 2.29. The van der Waals surface area contributed by atoms with Gasteiger partial charge in [0.05, 0.1) is 18.1 Å². The topological polar surface area (TPSA) is 61.4 Å². The molecule has 1 amide bonds. The van der Waals surface area contributed by atoms with Crippen LogP contribution in [0.25, 0.3) is 0 Å². The summed E-state index contributed by atoms with van der Waals surface area (Å²) < 4.78 is 0. The maximum Gasteiger partial charge on any atom is 0.224 e. The van der Waals surface area contributed by atoms with Crippen molar-refractivity contribution < 1.29 is 9.90 Å². The van der Waals surface area contributed by atoms with E-state index in [1.54, 1.807) is 0 Å². The van der Waals surface area contributed by atoms with Crippen molar-refractivity contribution in [2.45, 2.75) is 63.6 Å². The van der Waals surface area contributed by atoms with Crippen LogP contribution in [0.2, 0.25) is 0 Å². The number of amides is 1. The van der Waals surface area contributed by atoms with Gasteiger partial charge in [-0.05, 0) is 32.6 Å². The average molecular weight is 240 g/mol. The molecule has 98 valence electrons. The van der Waals surface area contributed by atoms with Crippen molar-refractivity contribution in [2.24, 2.45) is 5.92 Å². The van der Waals surface area contributed by atoms with E-state index in [1.807, 2.05) is 0 Å². The summed E-state index contributed by atoms with van der Waals surface area (Å²) in [6, 6.07) is 0.509. The maximum atomic E-state index is 12.1. The Hall–Kier alpha value is -0.610. The van der Waals surface area contributed by atoms with Gasteiger partial charge in [-0.3, -0.25) is 4.79 Å². The summed E-state index contributed by atoms with van der Waals surface area (Å²) in [6.45, 7) is 2.93. The summed E-state index contributed by atoms with van der Waals surface area (Å²) in [4.78, 5) is 12.1. The highest BCUT2D eigenvalue weighted by Crippen LogP contribution is 2.20. The Balaban J connectivity index is 1.79. The van der Waals surface area contributed by atoms with Gasteiger partial charge in [0.15, 0.2) is 0 Å². The van der Waals surface area contributed by atoms with E-state index in [9.17, 15) is 9.90 Å². The van der Waals surface area contributed by atoms with E-state index in [4.69, 9.17) is 0 Å². The molecule has 0 aromatic rings. The fourth-order valence-electron chi connectivity index (χ4n) is 2.80. The zero-order chi connectivity index (χ0) is 12.3. The highest BCUT2D eigenvalue weighted by molar-refractivity contribution is 5.79. The Morgan fingerprint density at radius 3 is 2.65 bits per heavy atom. The Bertz CT molecular complexity index is 262. The molecule has 4 heteroatoms. The summed E-state index contributed by atoms with van der Waals surface area (Å²) in [5, 5.41) is 16.2. The minimum atomic E-state index is -0.344. The van der Waals surface area contributed by atoms with E-state index < -0.39 is 0 Å². The third-order valence-electron chi connectivity index (χ3n) is 4.09. The van der Waals surface area contributed by atoms with Gasteiger partial charge in [-0.2, -0.15) is 0 Å². The summed E-state index contributed by atoms with van der Waals surface area (Å²) in [6.07, 6.45) is 5.61. The zero-order valence-electron chi connectivity index (χ0n) is 10.6. The van der Waals surface area contributed by atoms with Crippen LogP contribution in [0, 0.1) is 5.92 Å². The molecule has 0 spiro atoms. The largest absolute Gasteiger partial charge is 0.391 e. The van der Waals surface area contributed by atoms with Crippen LogP contribution < -0.4 is 10.6 Å². The van der Waals surface area contributed by atoms with E-state index in [0.717, 1.165) is 45.1 Å². The van der Waals surface area contributed by atoms with E-state index >= 15 is 0 Å². The standard InChI is InChI=1S/C13H24N2O2/c1-9-6-7-10(8-14-9)13(17)15-11-4-2-3-5-12(11)16/h9-12,14,16H,2-8H2,1H3,(H,15,17). The molecule has 4 nitrogen and oxygen atoms in total. The van der Waals surface area contributed by atoms with Crippen molar-refractivity contribution in [2.75, 3.05) is 6.54 Å². The fraction of sp³-hybridized carbons (Fsp3) is 0.923. The number of carbonyl (C=O) groups excluding carboxylic acids is 1. The Kier molecular flexibility index (Phi) is 4.40. The van der Waals surface area contributed by atoms with Crippen LogP contribution in [0.15, 0.2) is 0 Å². The normalized spacial score (nSPS) is 38.7. The number of piperidine rings is 1. The van der Waals surface area contributed by atoms with Crippen LogP contribution in [-0.2, 0) is 4.79 Å². The van der Waals surface area contributed by atoms with Gasteiger partial charge in [-0.25, -0.2) is 0 Å². The lowest BCUT2D eigenvalue weighted by Gasteiger charge is -2.32. The molecule has 2 aliphatic rings. The first-order valence-corrected chi connectivity index (χ1v) is 6.88. The number of rotatable bonds is 2. The molecule has 2 fully saturated rings. The average Bonchev–Trinajstić information content (AvgIpc) is 2.33. The van der Waals surface area contributed by atoms with Crippen molar-refractivity contribution >= 4 is 5.91 Å². The molecule has 3 N–H and O–H groups in total. The first kappa shape index (κ1) is 12.8. The summed E-state index contributed by atoms with van der Waals surface area (Å²) >= 11 is 0. The quantitative estimate of drug-likeness (QED) is 0.669. The molecule has 0 aromatic heterocycles. The predicted octanol–water partition coefficient (Wildman–Crippen LogP) is 0.794. The van der Waals surface area contributed by atoms with Crippen LogP contribution in [-0.4, -0.2) is 35.7 Å². The van der Waals surface area contributed by atoms with Gasteiger partial charge in [0.25, 0.3) is 0 Å². The van der Waals surface area contributed by atoms with Gasteiger partial charge >= 0.3 is 0 Å². The maximum absolute atomic E-state index is 12.1. The van der Waals surface area contributed by atoms with Gasteiger partial charge < -0.3 is 15.7 Å². The minimum Gasteiger partial charge on any atom is -0.391 e. The third kappa shape index (κ3) is 3.42. The highest BCUT2D eigenvalue weighted by atomic mass is 16.3. The van der Waals surface area contributed by atoms with Gasteiger partial charge in [0.2, 0.25) is 5.91 Å². The van der Waals surface area contributed by atoms with Crippen LogP contribution >= 0.6 is 0 Å². The van der Waals surface area contributed by atoms with Crippen molar-refractivity contribution in [1.29, 1.82) is 0 Å². The molecule has 1 aliphatic heterocycles. The second-order valence-corrected chi connectivity index (χ2v) is 5.55. The molecule has 4 atom stereocenters. The van der Waals surface area contributed by atoms with Gasteiger partial charge in [-0.15, -0.1) is 0 Å². The Morgan fingerprint density at radius 1 is 1.24 bits per heavy atom. The monoisotopic (exact) mass is 240 g/mol. The number of nitrogens with one attached hydrogen (secondary N) is 2. The van der Waals surface area contributed by atoms with Gasteiger partial charge in [-0.1, -0.05) is 12.8 Å². The molecule has 1 saturated heterocycles. The molecular formula is C13H24N2O2. The lowest BCUT2D eigenvalue weighted by atomic mass is 9.90. The number of hydrogen-bond donors (Lipinski definition) is 3. The number of hydrogen-bond acceptors (Lipinski definition) is 3. The predicted molar refractivity (Wildman–Crippen MR) is 66.6 cm³/mol. The van der Waals surface area contributed by atoms with Gasteiger partial charge in [0.1, 0.15) is 0 Å². The van der Waals surface area contributed by atoms with Crippen molar-refractivity contribution in [3.63, 3.8) is 0 Å². The fourth-order valence-corrected chi connectivity index (χ4v) is 2.80. The zero-order valence-corrected chi connectivity index (χ0v) is 10.6. The summed E-state index contributed by atoms with van der Waals surface area (Å²) in [5.41, 5.74) is 0. The molecular weight excluding hydrogens is 216 g/mol. The third-order valence-corrected chi connectivity index (χ3v) is 4.09. The van der Waals surface area contributed by atoms with Crippen LogP contribution in [0.5, 0.6) is 0 Å².